The minimum Gasteiger partial charge on any atom is -0.268 e. The van der Waals surface area contributed by atoms with E-state index in [1.54, 1.807) is 4.73 Å². The molecule has 0 N–H and O–H groups in total. The number of hydrogen-bond donors (Lipinski definition) is 0. The molecule has 64 valence electrons. The van der Waals surface area contributed by atoms with Crippen LogP contribution in [0.15, 0.2) is 30.6 Å². The maximum absolute atomic E-state index is 5.69. The van der Waals surface area contributed by atoms with Gasteiger partial charge in [-0.3, -0.25) is 4.84 Å². The highest BCUT2D eigenvalue weighted by Gasteiger charge is 2.20. The SMILES string of the molecule is c1cc[n+](OC2CCCC2)cc1. The van der Waals surface area contributed by atoms with Crippen LogP contribution >= 0.6 is 0 Å². The Morgan fingerprint density at radius 1 is 1.00 bits per heavy atom. The van der Waals surface area contributed by atoms with Gasteiger partial charge in [-0.1, -0.05) is 6.07 Å². The minimum atomic E-state index is 0.442. The Bertz CT molecular complexity index is 229. The third-order valence-electron chi connectivity index (χ3n) is 2.26. The number of hydrogen-bond acceptors (Lipinski definition) is 1. The molecule has 1 heterocycles. The summed E-state index contributed by atoms with van der Waals surface area (Å²) in [6.07, 6.45) is 9.38. The molecule has 0 radical (unpaired) electrons. The molecule has 0 unspecified atom stereocenters. The van der Waals surface area contributed by atoms with Crippen molar-refractivity contribution in [1.29, 1.82) is 0 Å². The van der Waals surface area contributed by atoms with Gasteiger partial charge in [0.05, 0.1) is 0 Å². The lowest BCUT2D eigenvalue weighted by Crippen LogP contribution is -2.46. The van der Waals surface area contributed by atoms with Crippen molar-refractivity contribution in [3.63, 3.8) is 0 Å². The van der Waals surface area contributed by atoms with Gasteiger partial charge in [-0.2, -0.15) is 0 Å². The Labute approximate surface area is 72.7 Å². The quantitative estimate of drug-likeness (QED) is 0.601. The van der Waals surface area contributed by atoms with E-state index in [0.29, 0.717) is 6.10 Å². The molecular formula is C10H14NO+. The highest BCUT2D eigenvalue weighted by Crippen LogP contribution is 2.17. The zero-order valence-corrected chi connectivity index (χ0v) is 7.15. The maximum atomic E-state index is 5.69. The predicted octanol–water partition coefficient (Wildman–Crippen LogP) is 1.35. The van der Waals surface area contributed by atoms with Crippen LogP contribution in [0.4, 0.5) is 0 Å². The highest BCUT2D eigenvalue weighted by atomic mass is 16.7. The standard InChI is InChI=1S/C10H14NO/c1-4-8-11(9-5-1)12-10-6-2-3-7-10/h1,4-5,8-10H,2-3,6-7H2/q+1. The molecular weight excluding hydrogens is 150 g/mol. The van der Waals surface area contributed by atoms with Gasteiger partial charge in [0.1, 0.15) is 0 Å². The second-order valence-electron chi connectivity index (χ2n) is 3.25. The number of pyridine rings is 1. The summed E-state index contributed by atoms with van der Waals surface area (Å²) in [5, 5.41) is 0. The number of nitrogens with zero attached hydrogens (tertiary/aromatic N) is 1. The van der Waals surface area contributed by atoms with Crippen LogP contribution in [0.25, 0.3) is 0 Å². The summed E-state index contributed by atoms with van der Waals surface area (Å²) < 4.78 is 1.80. The van der Waals surface area contributed by atoms with E-state index < -0.39 is 0 Å². The second kappa shape index (κ2) is 3.57. The van der Waals surface area contributed by atoms with E-state index >= 15 is 0 Å². The molecule has 1 aliphatic rings. The second-order valence-corrected chi connectivity index (χ2v) is 3.25. The van der Waals surface area contributed by atoms with Gasteiger partial charge in [-0.05, 0) is 25.7 Å². The molecule has 1 aromatic rings. The fourth-order valence-corrected chi connectivity index (χ4v) is 1.62. The predicted molar refractivity (Wildman–Crippen MR) is 45.5 cm³/mol. The van der Waals surface area contributed by atoms with E-state index in [-0.39, 0.29) is 0 Å². The molecule has 0 spiro atoms. The van der Waals surface area contributed by atoms with E-state index in [1.807, 2.05) is 30.6 Å². The molecule has 2 heteroatoms. The molecule has 0 aromatic carbocycles. The van der Waals surface area contributed by atoms with Crippen LogP contribution in [0.3, 0.4) is 0 Å². The molecule has 2 nitrogen and oxygen atoms in total. The summed E-state index contributed by atoms with van der Waals surface area (Å²) in [6.45, 7) is 0. The summed E-state index contributed by atoms with van der Waals surface area (Å²) >= 11 is 0. The van der Waals surface area contributed by atoms with Gasteiger partial charge in [0.2, 0.25) is 12.4 Å². The molecule has 12 heavy (non-hydrogen) atoms. The topological polar surface area (TPSA) is 13.1 Å². The van der Waals surface area contributed by atoms with Crippen molar-refractivity contribution in [3.8, 4) is 0 Å². The van der Waals surface area contributed by atoms with Gasteiger partial charge in [0.25, 0.3) is 0 Å². The van der Waals surface area contributed by atoms with Crippen LogP contribution in [0, 0.1) is 0 Å². The molecule has 0 atom stereocenters. The number of aromatic nitrogens is 1. The lowest BCUT2D eigenvalue weighted by molar-refractivity contribution is -0.898. The Morgan fingerprint density at radius 3 is 2.33 bits per heavy atom. The number of rotatable bonds is 2. The van der Waals surface area contributed by atoms with E-state index in [4.69, 9.17) is 4.84 Å². The van der Waals surface area contributed by atoms with E-state index in [0.717, 1.165) is 0 Å². The Morgan fingerprint density at radius 2 is 1.67 bits per heavy atom. The highest BCUT2D eigenvalue weighted by molar-refractivity contribution is 4.83. The molecule has 0 aliphatic heterocycles. The van der Waals surface area contributed by atoms with Crippen molar-refractivity contribution in [2.45, 2.75) is 31.8 Å². The first-order chi connectivity index (χ1) is 5.95. The van der Waals surface area contributed by atoms with Crippen molar-refractivity contribution >= 4 is 0 Å². The van der Waals surface area contributed by atoms with Crippen LogP contribution in [0.1, 0.15) is 25.7 Å². The first-order valence-corrected chi connectivity index (χ1v) is 4.58. The Kier molecular flexibility index (Phi) is 2.26. The smallest absolute Gasteiger partial charge is 0.222 e. The van der Waals surface area contributed by atoms with Crippen LogP contribution in [0.5, 0.6) is 0 Å². The Hall–Kier alpha value is -1.05. The first-order valence-electron chi connectivity index (χ1n) is 4.58. The lowest BCUT2D eigenvalue weighted by Gasteiger charge is -2.03. The molecule has 1 saturated carbocycles. The summed E-state index contributed by atoms with van der Waals surface area (Å²) in [5.74, 6) is 0. The van der Waals surface area contributed by atoms with Crippen LogP contribution < -0.4 is 9.57 Å². The maximum Gasteiger partial charge on any atom is 0.222 e. The summed E-state index contributed by atoms with van der Waals surface area (Å²) in [6, 6.07) is 5.96. The lowest BCUT2D eigenvalue weighted by atomic mass is 10.3. The van der Waals surface area contributed by atoms with Gasteiger partial charge in [-0.25, -0.2) is 0 Å². The van der Waals surface area contributed by atoms with Crippen LogP contribution in [0.2, 0.25) is 0 Å². The van der Waals surface area contributed by atoms with Crippen LogP contribution in [-0.4, -0.2) is 6.10 Å². The molecule has 0 amide bonds. The average Bonchev–Trinajstić information content (AvgIpc) is 2.59. The molecule has 1 fully saturated rings. The largest absolute Gasteiger partial charge is 0.268 e. The van der Waals surface area contributed by atoms with Gasteiger partial charge in [0, 0.05) is 16.9 Å². The van der Waals surface area contributed by atoms with E-state index in [1.165, 1.54) is 25.7 Å². The normalized spacial score (nSPS) is 18.0. The Balaban J connectivity index is 1.94. The van der Waals surface area contributed by atoms with Crippen molar-refractivity contribution in [2.75, 3.05) is 0 Å². The van der Waals surface area contributed by atoms with Crippen molar-refractivity contribution in [3.05, 3.63) is 30.6 Å². The molecule has 2 rings (SSSR count). The van der Waals surface area contributed by atoms with Crippen molar-refractivity contribution in [2.24, 2.45) is 0 Å². The molecule has 1 aromatic heterocycles. The third kappa shape index (κ3) is 1.76. The summed E-state index contributed by atoms with van der Waals surface area (Å²) in [7, 11) is 0. The van der Waals surface area contributed by atoms with Gasteiger partial charge in [-0.15, -0.1) is 0 Å². The van der Waals surface area contributed by atoms with Gasteiger partial charge in [0.15, 0.2) is 6.10 Å². The molecule has 1 aliphatic carbocycles. The average molecular weight is 164 g/mol. The first kappa shape index (κ1) is 7.59. The zero-order chi connectivity index (χ0) is 8.23. The molecule has 0 bridgehead atoms. The fraction of sp³-hybridized carbons (Fsp3) is 0.500. The van der Waals surface area contributed by atoms with Crippen LogP contribution in [-0.2, 0) is 0 Å². The van der Waals surface area contributed by atoms with Gasteiger partial charge < -0.3 is 0 Å². The zero-order valence-electron chi connectivity index (χ0n) is 7.15. The fourth-order valence-electron chi connectivity index (χ4n) is 1.62. The summed E-state index contributed by atoms with van der Waals surface area (Å²) in [4.78, 5) is 5.69. The third-order valence-corrected chi connectivity index (χ3v) is 2.26. The monoisotopic (exact) mass is 164 g/mol. The summed E-state index contributed by atoms with van der Waals surface area (Å²) in [5.41, 5.74) is 0. The minimum absolute atomic E-state index is 0.442. The van der Waals surface area contributed by atoms with E-state index in [2.05, 4.69) is 0 Å². The van der Waals surface area contributed by atoms with E-state index in [9.17, 15) is 0 Å². The van der Waals surface area contributed by atoms with Crippen molar-refractivity contribution in [1.82, 2.24) is 0 Å². The van der Waals surface area contributed by atoms with Crippen molar-refractivity contribution < 1.29 is 9.57 Å². The van der Waals surface area contributed by atoms with Gasteiger partial charge >= 0.3 is 0 Å². The molecule has 0 saturated heterocycles.